The Bertz CT molecular complexity index is 515. The summed E-state index contributed by atoms with van der Waals surface area (Å²) in [6.45, 7) is -0.117. The number of benzene rings is 1. The molecule has 0 aromatic heterocycles. The lowest BCUT2D eigenvalue weighted by atomic mass is 10.1. The summed E-state index contributed by atoms with van der Waals surface area (Å²) in [6, 6.07) is 3.90. The molecule has 0 heterocycles. The predicted octanol–water partition coefficient (Wildman–Crippen LogP) is 0.112. The van der Waals surface area contributed by atoms with Crippen molar-refractivity contribution in [3.63, 3.8) is 0 Å². The van der Waals surface area contributed by atoms with Crippen molar-refractivity contribution in [1.82, 2.24) is 10.6 Å². The summed E-state index contributed by atoms with van der Waals surface area (Å²) < 4.78 is 0. The van der Waals surface area contributed by atoms with Gasteiger partial charge in [-0.15, -0.1) is 0 Å². The van der Waals surface area contributed by atoms with E-state index in [2.05, 4.69) is 16.0 Å². The Balaban J connectivity index is 3.05. The van der Waals surface area contributed by atoms with Crippen molar-refractivity contribution in [2.24, 2.45) is 0 Å². The second-order valence-corrected chi connectivity index (χ2v) is 3.59. The fraction of sp³-hybridized carbons (Fsp3) is 0.273. The van der Waals surface area contributed by atoms with Crippen molar-refractivity contribution in [2.45, 2.75) is 0 Å². The van der Waals surface area contributed by atoms with E-state index in [1.165, 1.54) is 32.3 Å². The molecule has 0 bridgehead atoms. The lowest BCUT2D eigenvalue weighted by molar-refractivity contribution is -0.383. The molecule has 0 aliphatic heterocycles. The molecule has 8 heteroatoms. The Labute approximate surface area is 109 Å². The van der Waals surface area contributed by atoms with Crippen LogP contribution in [0.3, 0.4) is 0 Å². The Kier molecular flexibility index (Phi) is 4.81. The zero-order valence-corrected chi connectivity index (χ0v) is 10.5. The monoisotopic (exact) mass is 266 g/mol. The van der Waals surface area contributed by atoms with Gasteiger partial charge in [0, 0.05) is 25.7 Å². The van der Waals surface area contributed by atoms with Crippen LogP contribution >= 0.6 is 0 Å². The van der Waals surface area contributed by atoms with Gasteiger partial charge >= 0.3 is 0 Å². The van der Waals surface area contributed by atoms with Crippen LogP contribution in [0.4, 0.5) is 11.4 Å². The third kappa shape index (κ3) is 3.66. The number of hydrogen-bond donors (Lipinski definition) is 3. The van der Waals surface area contributed by atoms with Crippen molar-refractivity contribution in [1.29, 1.82) is 0 Å². The number of rotatable bonds is 5. The number of nitrogens with zero attached hydrogens (tertiary/aromatic N) is 1. The highest BCUT2D eigenvalue weighted by Crippen LogP contribution is 2.25. The average Bonchev–Trinajstić information content (AvgIpc) is 2.43. The summed E-state index contributed by atoms with van der Waals surface area (Å²) in [5.74, 6) is -0.683. The maximum absolute atomic E-state index is 11.5. The largest absolute Gasteiger partial charge is 0.371 e. The van der Waals surface area contributed by atoms with E-state index in [1.54, 1.807) is 0 Å². The molecule has 19 heavy (non-hydrogen) atoms. The molecular weight excluding hydrogens is 252 g/mol. The minimum Gasteiger partial charge on any atom is -0.371 e. The van der Waals surface area contributed by atoms with Gasteiger partial charge in [-0.05, 0) is 12.1 Å². The molecule has 0 saturated carbocycles. The van der Waals surface area contributed by atoms with E-state index in [4.69, 9.17) is 0 Å². The van der Waals surface area contributed by atoms with Gasteiger partial charge in [0.2, 0.25) is 5.91 Å². The molecule has 1 aromatic rings. The lowest BCUT2D eigenvalue weighted by Gasteiger charge is -2.08. The SMILES string of the molecule is CNC(=O)CNc1cc(C(=O)NC)ccc1[N+](=O)[O-]. The van der Waals surface area contributed by atoms with Crippen molar-refractivity contribution in [3.05, 3.63) is 33.9 Å². The normalized spacial score (nSPS) is 9.58. The molecule has 0 atom stereocenters. The van der Waals surface area contributed by atoms with Gasteiger partial charge in [0.15, 0.2) is 0 Å². The molecule has 3 N–H and O–H groups in total. The first kappa shape index (κ1) is 14.4. The number of nitro groups is 1. The van der Waals surface area contributed by atoms with Crippen LogP contribution in [0.5, 0.6) is 0 Å². The third-order valence-corrected chi connectivity index (χ3v) is 2.40. The quantitative estimate of drug-likeness (QED) is 0.517. The Hall–Kier alpha value is -2.64. The highest BCUT2D eigenvalue weighted by molar-refractivity contribution is 5.96. The molecule has 1 aromatic carbocycles. The highest BCUT2D eigenvalue weighted by Gasteiger charge is 2.16. The summed E-state index contributed by atoms with van der Waals surface area (Å²) in [5, 5.41) is 18.3. The zero-order chi connectivity index (χ0) is 14.4. The molecule has 0 aliphatic carbocycles. The molecule has 0 radical (unpaired) electrons. The molecule has 2 amide bonds. The standard InChI is InChI=1S/C11H14N4O4/c1-12-10(16)6-14-8-5-7(11(17)13-2)3-4-9(8)15(18)19/h3-5,14H,6H2,1-2H3,(H,12,16)(H,13,17). The van der Waals surface area contributed by atoms with E-state index in [1.807, 2.05) is 0 Å². The van der Waals surface area contributed by atoms with Gasteiger partial charge in [-0.1, -0.05) is 0 Å². The summed E-state index contributed by atoms with van der Waals surface area (Å²) in [4.78, 5) is 32.8. The topological polar surface area (TPSA) is 113 Å². The second kappa shape index (κ2) is 6.34. The van der Waals surface area contributed by atoms with Crippen molar-refractivity contribution < 1.29 is 14.5 Å². The van der Waals surface area contributed by atoms with E-state index in [0.717, 1.165) is 0 Å². The molecule has 1 rings (SSSR count). The molecule has 0 unspecified atom stereocenters. The van der Waals surface area contributed by atoms with Gasteiger partial charge < -0.3 is 16.0 Å². The van der Waals surface area contributed by atoms with Crippen LogP contribution in [-0.2, 0) is 4.79 Å². The maximum Gasteiger partial charge on any atom is 0.292 e. The van der Waals surface area contributed by atoms with Crippen LogP contribution in [-0.4, -0.2) is 37.4 Å². The Morgan fingerprint density at radius 1 is 1.26 bits per heavy atom. The molecule has 0 saturated heterocycles. The smallest absolute Gasteiger partial charge is 0.292 e. The minimum atomic E-state index is -0.584. The van der Waals surface area contributed by atoms with Crippen molar-refractivity contribution >= 4 is 23.2 Å². The van der Waals surface area contributed by atoms with E-state index < -0.39 is 4.92 Å². The third-order valence-electron chi connectivity index (χ3n) is 2.40. The number of nitro benzene ring substituents is 1. The summed E-state index contributed by atoms with van der Waals surface area (Å²) in [7, 11) is 2.92. The molecule has 0 fully saturated rings. The highest BCUT2D eigenvalue weighted by atomic mass is 16.6. The first-order valence-electron chi connectivity index (χ1n) is 5.44. The lowest BCUT2D eigenvalue weighted by Crippen LogP contribution is -2.26. The maximum atomic E-state index is 11.5. The van der Waals surface area contributed by atoms with Crippen LogP contribution in [0.25, 0.3) is 0 Å². The van der Waals surface area contributed by atoms with Gasteiger partial charge in [0.1, 0.15) is 5.69 Å². The van der Waals surface area contributed by atoms with Crippen molar-refractivity contribution in [3.8, 4) is 0 Å². The predicted molar refractivity (Wildman–Crippen MR) is 69.0 cm³/mol. The number of nitrogens with one attached hydrogen (secondary N) is 3. The minimum absolute atomic E-state index is 0.117. The number of carbonyl (C=O) groups excluding carboxylic acids is 2. The summed E-state index contributed by atoms with van der Waals surface area (Å²) >= 11 is 0. The summed E-state index contributed by atoms with van der Waals surface area (Å²) in [5.41, 5.74) is 0.193. The van der Waals surface area contributed by atoms with Gasteiger partial charge in [-0.2, -0.15) is 0 Å². The fourth-order valence-corrected chi connectivity index (χ4v) is 1.39. The van der Waals surface area contributed by atoms with Crippen LogP contribution in [0.15, 0.2) is 18.2 Å². The van der Waals surface area contributed by atoms with Crippen LogP contribution < -0.4 is 16.0 Å². The number of likely N-dealkylation sites (N-methyl/N-ethyl adjacent to an activating group) is 1. The number of anilines is 1. The molecule has 8 nitrogen and oxygen atoms in total. The van der Waals surface area contributed by atoms with E-state index in [-0.39, 0.29) is 35.3 Å². The molecule has 0 aliphatic rings. The van der Waals surface area contributed by atoms with Gasteiger partial charge in [0.25, 0.3) is 11.6 Å². The van der Waals surface area contributed by atoms with Gasteiger partial charge in [-0.25, -0.2) is 0 Å². The van der Waals surface area contributed by atoms with Crippen LogP contribution in [0.1, 0.15) is 10.4 Å². The first-order valence-corrected chi connectivity index (χ1v) is 5.44. The molecule has 102 valence electrons. The zero-order valence-electron chi connectivity index (χ0n) is 10.5. The average molecular weight is 266 g/mol. The Morgan fingerprint density at radius 3 is 2.47 bits per heavy atom. The van der Waals surface area contributed by atoms with Gasteiger partial charge in [-0.3, -0.25) is 19.7 Å². The Morgan fingerprint density at radius 2 is 1.95 bits per heavy atom. The fourth-order valence-electron chi connectivity index (χ4n) is 1.39. The first-order chi connectivity index (χ1) is 8.99. The van der Waals surface area contributed by atoms with E-state index >= 15 is 0 Å². The number of amides is 2. The second-order valence-electron chi connectivity index (χ2n) is 3.59. The van der Waals surface area contributed by atoms with Gasteiger partial charge in [0.05, 0.1) is 11.5 Å². The number of hydrogen-bond acceptors (Lipinski definition) is 5. The van der Waals surface area contributed by atoms with Crippen LogP contribution in [0.2, 0.25) is 0 Å². The van der Waals surface area contributed by atoms with E-state index in [0.29, 0.717) is 0 Å². The van der Waals surface area contributed by atoms with Crippen molar-refractivity contribution in [2.75, 3.05) is 26.0 Å². The summed E-state index contributed by atoms with van der Waals surface area (Å²) in [6.07, 6.45) is 0. The molecular formula is C11H14N4O4. The molecule has 0 spiro atoms. The van der Waals surface area contributed by atoms with E-state index in [9.17, 15) is 19.7 Å². The van der Waals surface area contributed by atoms with Crippen LogP contribution in [0, 0.1) is 10.1 Å². The number of carbonyl (C=O) groups is 2.